The topological polar surface area (TPSA) is 42.2 Å². The van der Waals surface area contributed by atoms with Gasteiger partial charge in [-0.05, 0) is 36.2 Å². The minimum atomic E-state index is 0.0206. The Morgan fingerprint density at radius 3 is 3.00 bits per heavy atom. The Balaban J connectivity index is 2.08. The van der Waals surface area contributed by atoms with E-state index in [9.17, 15) is 4.79 Å². The second kappa shape index (κ2) is 3.52. The van der Waals surface area contributed by atoms with E-state index in [4.69, 9.17) is 4.42 Å². The summed E-state index contributed by atoms with van der Waals surface area (Å²) in [5.74, 6) is 0.862. The molecule has 1 N–H and O–H groups in total. The Morgan fingerprint density at radius 1 is 1.25 bits per heavy atom. The van der Waals surface area contributed by atoms with Crippen LogP contribution in [0.2, 0.25) is 0 Å². The largest absolute Gasteiger partial charge is 0.464 e. The van der Waals surface area contributed by atoms with Crippen molar-refractivity contribution in [3.63, 3.8) is 0 Å². The lowest BCUT2D eigenvalue weighted by Gasteiger charge is -2.16. The van der Waals surface area contributed by atoms with E-state index in [1.165, 1.54) is 0 Å². The normalized spacial score (nSPS) is 14.4. The van der Waals surface area contributed by atoms with Gasteiger partial charge >= 0.3 is 0 Å². The Bertz CT molecular complexity index is 529. The SMILES string of the molecule is O=C1NCCc2cc(-c3ccco3)ccc21. The summed E-state index contributed by atoms with van der Waals surface area (Å²) < 4.78 is 5.34. The van der Waals surface area contributed by atoms with Gasteiger partial charge in [-0.15, -0.1) is 0 Å². The van der Waals surface area contributed by atoms with Crippen LogP contribution in [-0.4, -0.2) is 12.5 Å². The quantitative estimate of drug-likeness (QED) is 0.789. The summed E-state index contributed by atoms with van der Waals surface area (Å²) in [4.78, 5) is 11.5. The molecule has 2 heterocycles. The first-order chi connectivity index (χ1) is 7.84. The van der Waals surface area contributed by atoms with Crippen LogP contribution in [0.15, 0.2) is 41.0 Å². The highest BCUT2D eigenvalue weighted by atomic mass is 16.3. The van der Waals surface area contributed by atoms with E-state index < -0.39 is 0 Å². The second-order valence-electron chi connectivity index (χ2n) is 3.86. The third-order valence-electron chi connectivity index (χ3n) is 2.84. The van der Waals surface area contributed by atoms with E-state index in [1.54, 1.807) is 6.26 Å². The fraction of sp³-hybridized carbons (Fsp3) is 0.154. The van der Waals surface area contributed by atoms with Gasteiger partial charge < -0.3 is 9.73 Å². The van der Waals surface area contributed by atoms with Gasteiger partial charge in [0.1, 0.15) is 5.76 Å². The van der Waals surface area contributed by atoms with E-state index in [-0.39, 0.29) is 5.91 Å². The minimum absolute atomic E-state index is 0.0206. The molecule has 0 spiro atoms. The summed E-state index contributed by atoms with van der Waals surface area (Å²) in [6.45, 7) is 0.716. The Hall–Kier alpha value is -2.03. The standard InChI is InChI=1S/C13H11NO2/c15-13-11-4-3-10(12-2-1-7-16-12)8-9(11)5-6-14-13/h1-4,7-8H,5-6H2,(H,14,15). The maximum atomic E-state index is 11.5. The van der Waals surface area contributed by atoms with Crippen LogP contribution in [0.5, 0.6) is 0 Å². The fourth-order valence-electron chi connectivity index (χ4n) is 2.02. The predicted octanol–water partition coefficient (Wildman–Crippen LogP) is 2.23. The van der Waals surface area contributed by atoms with Crippen molar-refractivity contribution in [1.82, 2.24) is 5.32 Å². The highest BCUT2D eigenvalue weighted by molar-refractivity contribution is 5.97. The molecular formula is C13H11NO2. The molecule has 0 saturated heterocycles. The summed E-state index contributed by atoms with van der Waals surface area (Å²) >= 11 is 0. The van der Waals surface area contributed by atoms with Crippen LogP contribution in [0.4, 0.5) is 0 Å². The molecule has 0 unspecified atom stereocenters. The zero-order valence-corrected chi connectivity index (χ0v) is 8.69. The van der Waals surface area contributed by atoms with Gasteiger partial charge in [-0.2, -0.15) is 0 Å². The zero-order valence-electron chi connectivity index (χ0n) is 8.69. The monoisotopic (exact) mass is 213 g/mol. The Morgan fingerprint density at radius 2 is 2.19 bits per heavy atom. The average molecular weight is 213 g/mol. The molecule has 1 amide bonds. The van der Waals surface area contributed by atoms with Crippen molar-refractivity contribution in [1.29, 1.82) is 0 Å². The highest BCUT2D eigenvalue weighted by Crippen LogP contribution is 2.24. The number of fused-ring (bicyclic) bond motifs is 1. The van der Waals surface area contributed by atoms with Crippen LogP contribution < -0.4 is 5.32 Å². The lowest BCUT2D eigenvalue weighted by atomic mass is 9.97. The lowest BCUT2D eigenvalue weighted by Crippen LogP contribution is -2.31. The van der Waals surface area contributed by atoms with Gasteiger partial charge in [0, 0.05) is 17.7 Å². The van der Waals surface area contributed by atoms with Crippen LogP contribution in [-0.2, 0) is 6.42 Å². The molecule has 0 saturated carbocycles. The molecule has 1 aromatic heterocycles. The number of benzene rings is 1. The Kier molecular flexibility index (Phi) is 2.03. The number of nitrogens with one attached hydrogen (secondary N) is 1. The smallest absolute Gasteiger partial charge is 0.251 e. The number of rotatable bonds is 1. The van der Waals surface area contributed by atoms with Gasteiger partial charge in [0.05, 0.1) is 6.26 Å². The molecule has 0 aliphatic carbocycles. The first kappa shape index (κ1) is 9.21. The van der Waals surface area contributed by atoms with Crippen molar-refractivity contribution in [2.75, 3.05) is 6.54 Å². The summed E-state index contributed by atoms with van der Waals surface area (Å²) in [6.07, 6.45) is 2.54. The molecule has 1 aliphatic rings. The van der Waals surface area contributed by atoms with Crippen molar-refractivity contribution in [2.24, 2.45) is 0 Å². The van der Waals surface area contributed by atoms with Crippen LogP contribution in [0, 0.1) is 0 Å². The average Bonchev–Trinajstić information content (AvgIpc) is 2.82. The van der Waals surface area contributed by atoms with Crippen molar-refractivity contribution in [3.8, 4) is 11.3 Å². The molecule has 3 heteroatoms. The first-order valence-electron chi connectivity index (χ1n) is 5.29. The molecule has 0 fully saturated rings. The van der Waals surface area contributed by atoms with E-state index in [0.717, 1.165) is 28.9 Å². The van der Waals surface area contributed by atoms with Gasteiger partial charge in [-0.25, -0.2) is 0 Å². The molecule has 0 radical (unpaired) electrons. The van der Waals surface area contributed by atoms with E-state index in [1.807, 2.05) is 30.3 Å². The highest BCUT2D eigenvalue weighted by Gasteiger charge is 2.16. The fourth-order valence-corrected chi connectivity index (χ4v) is 2.02. The van der Waals surface area contributed by atoms with Gasteiger partial charge in [0.15, 0.2) is 0 Å². The molecule has 80 valence electrons. The maximum Gasteiger partial charge on any atom is 0.251 e. The lowest BCUT2D eigenvalue weighted by molar-refractivity contribution is 0.0946. The number of carbonyl (C=O) groups excluding carboxylic acids is 1. The Labute approximate surface area is 93.1 Å². The maximum absolute atomic E-state index is 11.5. The zero-order chi connectivity index (χ0) is 11.0. The number of furan rings is 1. The van der Waals surface area contributed by atoms with Gasteiger partial charge in [-0.3, -0.25) is 4.79 Å². The number of hydrogen-bond donors (Lipinski definition) is 1. The molecule has 16 heavy (non-hydrogen) atoms. The minimum Gasteiger partial charge on any atom is -0.464 e. The molecular weight excluding hydrogens is 202 g/mol. The van der Waals surface area contributed by atoms with Gasteiger partial charge in [-0.1, -0.05) is 6.07 Å². The van der Waals surface area contributed by atoms with Crippen molar-refractivity contribution >= 4 is 5.91 Å². The first-order valence-corrected chi connectivity index (χ1v) is 5.29. The number of carbonyl (C=O) groups is 1. The molecule has 1 aliphatic heterocycles. The summed E-state index contributed by atoms with van der Waals surface area (Å²) in [5.41, 5.74) is 2.90. The summed E-state index contributed by atoms with van der Waals surface area (Å²) in [5, 5.41) is 2.83. The van der Waals surface area contributed by atoms with E-state index in [2.05, 4.69) is 5.32 Å². The van der Waals surface area contributed by atoms with E-state index >= 15 is 0 Å². The third-order valence-corrected chi connectivity index (χ3v) is 2.84. The predicted molar refractivity (Wildman–Crippen MR) is 60.2 cm³/mol. The number of hydrogen-bond acceptors (Lipinski definition) is 2. The second-order valence-corrected chi connectivity index (χ2v) is 3.86. The molecule has 0 atom stereocenters. The van der Waals surface area contributed by atoms with E-state index in [0.29, 0.717) is 6.54 Å². The molecule has 2 aromatic rings. The van der Waals surface area contributed by atoms with Crippen LogP contribution in [0.3, 0.4) is 0 Å². The van der Waals surface area contributed by atoms with Gasteiger partial charge in [0.25, 0.3) is 5.91 Å². The molecule has 0 bridgehead atoms. The summed E-state index contributed by atoms with van der Waals surface area (Å²) in [7, 11) is 0. The molecule has 3 nitrogen and oxygen atoms in total. The van der Waals surface area contributed by atoms with Crippen molar-refractivity contribution in [2.45, 2.75) is 6.42 Å². The summed E-state index contributed by atoms with van der Waals surface area (Å²) in [6, 6.07) is 9.60. The van der Waals surface area contributed by atoms with Crippen molar-refractivity contribution in [3.05, 3.63) is 47.7 Å². The van der Waals surface area contributed by atoms with Crippen LogP contribution in [0.25, 0.3) is 11.3 Å². The van der Waals surface area contributed by atoms with Crippen LogP contribution in [0.1, 0.15) is 15.9 Å². The number of amides is 1. The van der Waals surface area contributed by atoms with Crippen molar-refractivity contribution < 1.29 is 9.21 Å². The van der Waals surface area contributed by atoms with Gasteiger partial charge in [0.2, 0.25) is 0 Å². The van der Waals surface area contributed by atoms with Crippen LogP contribution >= 0.6 is 0 Å². The molecule has 3 rings (SSSR count). The molecule has 1 aromatic carbocycles. The third kappa shape index (κ3) is 1.41.